The molecular weight excluding hydrogens is 925 g/mol. The molecule has 0 aliphatic carbocycles. The summed E-state index contributed by atoms with van der Waals surface area (Å²) in [6.07, 6.45) is -3.58. The van der Waals surface area contributed by atoms with Crippen molar-refractivity contribution in [3.63, 3.8) is 0 Å². The van der Waals surface area contributed by atoms with E-state index < -0.39 is 116 Å². The van der Waals surface area contributed by atoms with Gasteiger partial charge in [0, 0.05) is 69.6 Å². The minimum Gasteiger partial charge on any atom is -0.460 e. The van der Waals surface area contributed by atoms with Gasteiger partial charge in [-0.15, -0.1) is 0 Å². The molecule has 3 rings (SSSR count). The molecule has 71 heavy (non-hydrogen) atoms. The van der Waals surface area contributed by atoms with Gasteiger partial charge in [0.1, 0.15) is 39.6 Å². The Hall–Kier alpha value is -5.37. The summed E-state index contributed by atoms with van der Waals surface area (Å²) >= 11 is 0. The van der Waals surface area contributed by atoms with Gasteiger partial charge in [-0.1, -0.05) is 0 Å². The summed E-state index contributed by atoms with van der Waals surface area (Å²) in [5.41, 5.74) is -7.19. The third-order valence-electron chi connectivity index (χ3n) is 11.2. The summed E-state index contributed by atoms with van der Waals surface area (Å²) in [7, 11) is 0. The lowest BCUT2D eigenvalue weighted by atomic mass is 9.71. The highest BCUT2D eigenvalue weighted by Gasteiger charge is 2.69. The van der Waals surface area contributed by atoms with Gasteiger partial charge in [-0.25, -0.2) is 14.4 Å². The van der Waals surface area contributed by atoms with Gasteiger partial charge in [-0.05, 0) is 131 Å². The molecule has 3 saturated heterocycles. The monoisotopic (exact) mass is 1010 g/mol. The van der Waals surface area contributed by atoms with Crippen LogP contribution in [-0.4, -0.2) is 161 Å². The zero-order valence-electron chi connectivity index (χ0n) is 45.7. The smallest absolute Gasteiger partial charge is 0.408 e. The molecule has 0 aromatic heterocycles. The molecular formula is C50H84N6O15. The molecule has 3 unspecified atom stereocenters. The fourth-order valence-electron chi connectivity index (χ4n) is 8.94. The van der Waals surface area contributed by atoms with Crippen LogP contribution >= 0.6 is 0 Å². The molecule has 404 valence electrons. The second-order valence-corrected chi connectivity index (χ2v) is 25.2. The van der Waals surface area contributed by atoms with Crippen LogP contribution in [0.15, 0.2) is 0 Å². The van der Waals surface area contributed by atoms with Crippen molar-refractivity contribution < 1.29 is 71.6 Å². The number of likely N-dealkylation sites (tertiary alicyclic amines) is 3. The van der Waals surface area contributed by atoms with Crippen molar-refractivity contribution >= 4 is 53.9 Å². The minimum atomic E-state index is -1.24. The molecule has 3 atom stereocenters. The van der Waals surface area contributed by atoms with Crippen molar-refractivity contribution in [2.75, 3.05) is 52.4 Å². The van der Waals surface area contributed by atoms with Gasteiger partial charge in [0.2, 0.25) is 17.7 Å². The number of amides is 6. The first-order chi connectivity index (χ1) is 32.0. The van der Waals surface area contributed by atoms with Crippen molar-refractivity contribution in [3.8, 4) is 0 Å². The van der Waals surface area contributed by atoms with E-state index in [0.29, 0.717) is 0 Å². The Morgan fingerprint density at radius 1 is 0.408 bits per heavy atom. The lowest BCUT2D eigenvalue weighted by Gasteiger charge is -2.35. The normalized spacial score (nSPS) is 20.6. The number of nitrogens with zero attached hydrogens (tertiary/aromatic N) is 3. The van der Waals surface area contributed by atoms with Gasteiger partial charge in [0.05, 0.1) is 24.7 Å². The van der Waals surface area contributed by atoms with Gasteiger partial charge in [-0.2, -0.15) is 0 Å². The lowest BCUT2D eigenvalue weighted by molar-refractivity contribution is -0.158. The van der Waals surface area contributed by atoms with Crippen LogP contribution < -0.4 is 16.0 Å². The number of rotatable bonds is 15. The maximum absolute atomic E-state index is 14.8. The predicted octanol–water partition coefficient (Wildman–Crippen LogP) is 5.25. The van der Waals surface area contributed by atoms with E-state index in [1.807, 2.05) is 0 Å². The Kier molecular flexibility index (Phi) is 18.7. The molecule has 0 aromatic carbocycles. The maximum Gasteiger partial charge on any atom is 0.408 e. The van der Waals surface area contributed by atoms with Crippen molar-refractivity contribution in [2.24, 2.45) is 22.7 Å². The zero-order chi connectivity index (χ0) is 54.5. The molecule has 0 aromatic rings. The number of hydrogen-bond donors (Lipinski definition) is 3. The Bertz CT molecular complexity index is 1750. The van der Waals surface area contributed by atoms with Crippen LogP contribution in [0.5, 0.6) is 0 Å². The number of carbonyl (C=O) groups excluding carboxylic acids is 9. The van der Waals surface area contributed by atoms with Gasteiger partial charge in [0.25, 0.3) is 0 Å². The summed E-state index contributed by atoms with van der Waals surface area (Å²) in [6, 6.07) is -1.24. The second kappa shape index (κ2) is 22.2. The first-order valence-corrected chi connectivity index (χ1v) is 24.4. The summed E-state index contributed by atoms with van der Waals surface area (Å²) in [6.45, 7) is 29.8. The molecule has 0 radical (unpaired) electrons. The van der Waals surface area contributed by atoms with Crippen LogP contribution in [0.1, 0.15) is 150 Å². The molecule has 3 aliphatic rings. The van der Waals surface area contributed by atoms with Crippen LogP contribution in [0.2, 0.25) is 0 Å². The summed E-state index contributed by atoms with van der Waals surface area (Å²) < 4.78 is 33.0. The lowest BCUT2D eigenvalue weighted by Crippen LogP contribution is -2.53. The number of carbonyl (C=O) groups is 9. The largest absolute Gasteiger partial charge is 0.460 e. The van der Waals surface area contributed by atoms with Gasteiger partial charge < -0.3 is 59.1 Å². The van der Waals surface area contributed by atoms with E-state index in [1.165, 1.54) is 0 Å². The van der Waals surface area contributed by atoms with E-state index in [2.05, 4.69) is 16.0 Å². The zero-order valence-corrected chi connectivity index (χ0v) is 45.7. The standard InChI is InChI=1S/C50H84N6O15/c1-43(2,3)66-34(57)20-19-33(53-42(65)71-48(16,17)18)39(62)56-29-49-25-54(37(60)31(21-35(58)67-44(4,5)6)23-51-40(63)69-46(10,11)12)26-50(49,30-56)28-55(27-49)38(61)32(22-36(59)68-45(7,8)9)24-52-41(64)70-47(13,14)15/h31-33H,19-30H2,1-18H3,(H,51,63)(H,52,64)(H,53,65). The van der Waals surface area contributed by atoms with E-state index >= 15 is 0 Å². The maximum atomic E-state index is 14.8. The number of esters is 3. The van der Waals surface area contributed by atoms with E-state index in [9.17, 15) is 43.2 Å². The van der Waals surface area contributed by atoms with Crippen LogP contribution in [0.4, 0.5) is 14.4 Å². The quantitative estimate of drug-likeness (QED) is 0.140. The minimum absolute atomic E-state index is 0.00832. The third kappa shape index (κ3) is 19.3. The second-order valence-electron chi connectivity index (χ2n) is 25.2. The molecule has 3 fully saturated rings. The summed E-state index contributed by atoms with van der Waals surface area (Å²) in [5, 5.41) is 7.91. The fraction of sp³-hybridized carbons (Fsp3) is 0.820. The molecule has 21 nitrogen and oxygen atoms in total. The highest BCUT2D eigenvalue weighted by molar-refractivity contribution is 5.89. The van der Waals surface area contributed by atoms with Crippen molar-refractivity contribution in [2.45, 2.75) is 190 Å². The van der Waals surface area contributed by atoms with Crippen LogP contribution in [0, 0.1) is 22.7 Å². The van der Waals surface area contributed by atoms with E-state index in [0.717, 1.165) is 0 Å². The first-order valence-electron chi connectivity index (χ1n) is 24.4. The number of nitrogens with one attached hydrogen (secondary N) is 3. The SMILES string of the molecule is CC(C)(C)OC(=O)CCC(NC(=O)OC(C)(C)C)C(=O)N1CC23CN(C(=O)C(CNC(=O)OC(C)(C)C)CC(=O)OC(C)(C)C)CC2(CN(C(=O)C(CNC(=O)OC(C)(C)C)CC(=O)OC(C)(C)C)C3)C1. The fourth-order valence-corrected chi connectivity index (χ4v) is 8.94. The van der Waals surface area contributed by atoms with E-state index in [-0.39, 0.29) is 78.0 Å². The topological polar surface area (TPSA) is 255 Å². The number of alkyl carbamates (subject to hydrolysis) is 3. The van der Waals surface area contributed by atoms with E-state index in [4.69, 9.17) is 28.4 Å². The molecule has 3 N–H and O–H groups in total. The molecule has 3 aliphatic heterocycles. The third-order valence-corrected chi connectivity index (χ3v) is 11.2. The molecule has 0 saturated carbocycles. The predicted molar refractivity (Wildman–Crippen MR) is 259 cm³/mol. The van der Waals surface area contributed by atoms with Gasteiger partial charge >= 0.3 is 36.2 Å². The van der Waals surface area contributed by atoms with Crippen molar-refractivity contribution in [1.82, 2.24) is 30.7 Å². The summed E-state index contributed by atoms with van der Waals surface area (Å²) in [4.78, 5) is 127. The molecule has 6 amide bonds. The average Bonchev–Trinajstić information content (AvgIpc) is 3.70. The van der Waals surface area contributed by atoms with Gasteiger partial charge in [-0.3, -0.25) is 28.8 Å². The Balaban J connectivity index is 2.08. The summed E-state index contributed by atoms with van der Waals surface area (Å²) in [5.74, 6) is -5.62. The number of ether oxygens (including phenoxy) is 6. The van der Waals surface area contributed by atoms with Crippen LogP contribution in [0.25, 0.3) is 0 Å². The molecule has 0 spiro atoms. The molecule has 21 heteroatoms. The highest BCUT2D eigenvalue weighted by atomic mass is 16.6. The van der Waals surface area contributed by atoms with Crippen molar-refractivity contribution in [3.05, 3.63) is 0 Å². The Labute approximate surface area is 420 Å². The highest BCUT2D eigenvalue weighted by Crippen LogP contribution is 2.57. The Morgan fingerprint density at radius 2 is 0.690 bits per heavy atom. The van der Waals surface area contributed by atoms with Crippen molar-refractivity contribution in [1.29, 1.82) is 0 Å². The van der Waals surface area contributed by atoms with Crippen LogP contribution in [-0.2, 0) is 57.2 Å². The molecule has 0 bridgehead atoms. The van der Waals surface area contributed by atoms with Crippen LogP contribution in [0.3, 0.4) is 0 Å². The first kappa shape index (κ1) is 59.9. The van der Waals surface area contributed by atoms with E-state index in [1.54, 1.807) is 139 Å². The van der Waals surface area contributed by atoms with Gasteiger partial charge in [0.15, 0.2) is 0 Å². The number of hydrogen-bond acceptors (Lipinski definition) is 15. The Morgan fingerprint density at radius 3 is 1.00 bits per heavy atom. The average molecular weight is 1010 g/mol. The molecule has 3 heterocycles.